The lowest BCUT2D eigenvalue weighted by molar-refractivity contribution is 0.327. The van der Waals surface area contributed by atoms with Gasteiger partial charge in [-0.05, 0) is 19.9 Å². The average Bonchev–Trinajstić information content (AvgIpc) is 2.86. The molecule has 6 nitrogen and oxygen atoms in total. The van der Waals surface area contributed by atoms with Gasteiger partial charge in [0.2, 0.25) is 5.88 Å². The summed E-state index contributed by atoms with van der Waals surface area (Å²) in [5, 5.41) is 7.66. The topological polar surface area (TPSA) is 64.3 Å². The molecule has 3 heterocycles. The van der Waals surface area contributed by atoms with Gasteiger partial charge in [0.05, 0.1) is 24.2 Å². The third-order valence-electron chi connectivity index (χ3n) is 3.01. The second-order valence-electron chi connectivity index (χ2n) is 4.72. The maximum Gasteiger partial charge on any atom is 0.213 e. The molecule has 0 spiro atoms. The van der Waals surface area contributed by atoms with Gasteiger partial charge in [-0.25, -0.2) is 14.5 Å². The Morgan fingerprint density at radius 2 is 2.14 bits per heavy atom. The van der Waals surface area contributed by atoms with Gasteiger partial charge < -0.3 is 10.1 Å². The Labute approximate surface area is 122 Å². The van der Waals surface area contributed by atoms with E-state index in [0.717, 1.165) is 22.6 Å². The molecule has 0 aromatic carbocycles. The van der Waals surface area contributed by atoms with E-state index >= 15 is 0 Å². The van der Waals surface area contributed by atoms with E-state index in [0.29, 0.717) is 19.0 Å². The highest BCUT2D eigenvalue weighted by atomic mass is 16.5. The van der Waals surface area contributed by atoms with E-state index < -0.39 is 0 Å². The van der Waals surface area contributed by atoms with Crippen molar-refractivity contribution >= 4 is 11.3 Å². The van der Waals surface area contributed by atoms with Crippen molar-refractivity contribution in [2.24, 2.45) is 0 Å². The molecule has 108 valence electrons. The maximum atomic E-state index is 5.31. The van der Waals surface area contributed by atoms with Crippen molar-refractivity contribution in [1.29, 1.82) is 0 Å². The summed E-state index contributed by atoms with van der Waals surface area (Å²) in [4.78, 5) is 8.59. The number of pyridine rings is 1. The predicted octanol–water partition coefficient (Wildman–Crippen LogP) is 2.44. The van der Waals surface area contributed by atoms with Crippen molar-refractivity contribution in [2.45, 2.75) is 20.4 Å². The molecule has 0 unspecified atom stereocenters. The molecule has 0 amide bonds. The van der Waals surface area contributed by atoms with E-state index in [-0.39, 0.29) is 0 Å². The monoisotopic (exact) mass is 283 g/mol. The van der Waals surface area contributed by atoms with Gasteiger partial charge in [-0.3, -0.25) is 0 Å². The molecule has 0 bridgehead atoms. The van der Waals surface area contributed by atoms with Crippen molar-refractivity contribution in [3.63, 3.8) is 0 Å². The average molecular weight is 283 g/mol. The van der Waals surface area contributed by atoms with Crippen LogP contribution < -0.4 is 10.1 Å². The maximum absolute atomic E-state index is 5.31. The first-order valence-corrected chi connectivity index (χ1v) is 6.88. The van der Waals surface area contributed by atoms with Gasteiger partial charge in [0.25, 0.3) is 0 Å². The van der Waals surface area contributed by atoms with Crippen LogP contribution in [0.1, 0.15) is 18.2 Å². The summed E-state index contributed by atoms with van der Waals surface area (Å²) in [6, 6.07) is 5.75. The molecule has 0 saturated carbocycles. The summed E-state index contributed by atoms with van der Waals surface area (Å²) < 4.78 is 7.11. The van der Waals surface area contributed by atoms with Gasteiger partial charge in [-0.15, -0.1) is 0 Å². The minimum absolute atomic E-state index is 0.620. The number of hydrogen-bond acceptors (Lipinski definition) is 5. The molecule has 0 atom stereocenters. The summed E-state index contributed by atoms with van der Waals surface area (Å²) in [5.74, 6) is 0.637. The first kappa shape index (κ1) is 13.4. The van der Waals surface area contributed by atoms with Crippen LogP contribution >= 0.6 is 0 Å². The zero-order chi connectivity index (χ0) is 14.7. The molecule has 0 aliphatic rings. The van der Waals surface area contributed by atoms with E-state index in [2.05, 4.69) is 20.4 Å². The Morgan fingerprint density at radius 1 is 1.24 bits per heavy atom. The highest BCUT2D eigenvalue weighted by molar-refractivity contribution is 5.43. The van der Waals surface area contributed by atoms with E-state index in [1.807, 2.05) is 44.4 Å². The molecule has 0 fully saturated rings. The summed E-state index contributed by atoms with van der Waals surface area (Å²) in [6.07, 6.45) is 5.59. The van der Waals surface area contributed by atoms with Crippen molar-refractivity contribution in [3.8, 4) is 5.88 Å². The largest absolute Gasteiger partial charge is 0.478 e. The lowest BCUT2D eigenvalue weighted by Crippen LogP contribution is -2.03. The zero-order valence-corrected chi connectivity index (χ0v) is 12.1. The van der Waals surface area contributed by atoms with Crippen LogP contribution in [-0.2, 0) is 6.54 Å². The van der Waals surface area contributed by atoms with E-state index in [9.17, 15) is 0 Å². The Hall–Kier alpha value is -2.63. The molecular formula is C15H17N5O. The van der Waals surface area contributed by atoms with Crippen molar-refractivity contribution in [3.05, 3.63) is 48.0 Å². The van der Waals surface area contributed by atoms with Crippen LogP contribution in [0.15, 0.2) is 36.8 Å². The van der Waals surface area contributed by atoms with E-state index in [4.69, 9.17) is 4.74 Å². The Balaban J connectivity index is 1.67. The first-order valence-electron chi connectivity index (χ1n) is 6.88. The number of rotatable bonds is 5. The number of fused-ring (bicyclic) bond motifs is 1. The summed E-state index contributed by atoms with van der Waals surface area (Å²) in [5.41, 5.74) is 3.82. The number of aryl methyl sites for hydroxylation is 1. The second kappa shape index (κ2) is 5.78. The molecule has 3 aromatic rings. The number of ether oxygens (including phenoxy) is 1. The molecule has 0 radical (unpaired) electrons. The molecular weight excluding hydrogens is 266 g/mol. The quantitative estimate of drug-likeness (QED) is 0.779. The molecule has 6 heteroatoms. The van der Waals surface area contributed by atoms with Crippen LogP contribution in [0.2, 0.25) is 0 Å². The molecule has 0 aliphatic carbocycles. The highest BCUT2D eigenvalue weighted by Gasteiger charge is 2.01. The van der Waals surface area contributed by atoms with E-state index in [1.54, 1.807) is 10.7 Å². The van der Waals surface area contributed by atoms with Gasteiger partial charge in [0.15, 0.2) is 5.65 Å². The van der Waals surface area contributed by atoms with Gasteiger partial charge in [0, 0.05) is 36.6 Å². The number of aromatic nitrogens is 4. The molecule has 3 aromatic heterocycles. The summed E-state index contributed by atoms with van der Waals surface area (Å²) in [6.45, 7) is 5.18. The summed E-state index contributed by atoms with van der Waals surface area (Å²) in [7, 11) is 0. The zero-order valence-electron chi connectivity index (χ0n) is 12.1. The lowest BCUT2D eigenvalue weighted by atomic mass is 10.3. The molecule has 1 N–H and O–H groups in total. The van der Waals surface area contributed by atoms with Crippen LogP contribution in [0.3, 0.4) is 0 Å². The van der Waals surface area contributed by atoms with Gasteiger partial charge >= 0.3 is 0 Å². The summed E-state index contributed by atoms with van der Waals surface area (Å²) >= 11 is 0. The molecule has 3 rings (SSSR count). The standard InChI is InChI=1S/C15H17N5O/c1-3-21-15-5-4-13(9-18-15)16-7-12-8-17-14-6-11(2)19-20(14)10-12/h4-6,8-10,16H,3,7H2,1-2H3. The van der Waals surface area contributed by atoms with Gasteiger partial charge in [-0.2, -0.15) is 5.10 Å². The van der Waals surface area contributed by atoms with Crippen LogP contribution in [0.4, 0.5) is 5.69 Å². The van der Waals surface area contributed by atoms with Gasteiger partial charge in [0.1, 0.15) is 0 Å². The molecule has 21 heavy (non-hydrogen) atoms. The number of anilines is 1. The number of nitrogens with zero attached hydrogens (tertiary/aromatic N) is 4. The predicted molar refractivity (Wildman–Crippen MR) is 80.5 cm³/mol. The number of hydrogen-bond donors (Lipinski definition) is 1. The van der Waals surface area contributed by atoms with Crippen LogP contribution in [0.5, 0.6) is 5.88 Å². The molecule has 0 aliphatic heterocycles. The normalized spacial score (nSPS) is 10.8. The fourth-order valence-corrected chi connectivity index (χ4v) is 2.05. The Bertz CT molecular complexity index is 735. The second-order valence-corrected chi connectivity index (χ2v) is 4.72. The van der Waals surface area contributed by atoms with Crippen LogP contribution in [-0.4, -0.2) is 26.2 Å². The third-order valence-corrected chi connectivity index (χ3v) is 3.01. The fraction of sp³-hybridized carbons (Fsp3) is 0.267. The number of nitrogens with one attached hydrogen (secondary N) is 1. The third kappa shape index (κ3) is 3.10. The van der Waals surface area contributed by atoms with Crippen molar-refractivity contribution in [2.75, 3.05) is 11.9 Å². The Morgan fingerprint density at radius 3 is 2.90 bits per heavy atom. The van der Waals surface area contributed by atoms with Crippen molar-refractivity contribution < 1.29 is 4.74 Å². The van der Waals surface area contributed by atoms with Gasteiger partial charge in [-0.1, -0.05) is 0 Å². The van der Waals surface area contributed by atoms with Crippen LogP contribution in [0.25, 0.3) is 5.65 Å². The SMILES string of the molecule is CCOc1ccc(NCc2cnc3cc(C)nn3c2)cn1. The van der Waals surface area contributed by atoms with Crippen molar-refractivity contribution in [1.82, 2.24) is 19.6 Å². The fourth-order valence-electron chi connectivity index (χ4n) is 2.05. The minimum atomic E-state index is 0.620. The van der Waals surface area contributed by atoms with Crippen LogP contribution in [0, 0.1) is 6.92 Å². The Kier molecular flexibility index (Phi) is 3.68. The minimum Gasteiger partial charge on any atom is -0.478 e. The lowest BCUT2D eigenvalue weighted by Gasteiger charge is -2.07. The first-order chi connectivity index (χ1) is 10.2. The highest BCUT2D eigenvalue weighted by Crippen LogP contribution is 2.13. The van der Waals surface area contributed by atoms with E-state index in [1.165, 1.54) is 0 Å². The smallest absolute Gasteiger partial charge is 0.213 e. The molecule has 0 saturated heterocycles.